The first-order valence-corrected chi connectivity index (χ1v) is 14.0. The molecule has 6 heteroatoms. The van der Waals surface area contributed by atoms with Gasteiger partial charge in [0.1, 0.15) is 11.6 Å². The summed E-state index contributed by atoms with van der Waals surface area (Å²) in [5.41, 5.74) is 7.44. The first-order chi connectivity index (χ1) is 18.7. The molecule has 0 saturated carbocycles. The van der Waals surface area contributed by atoms with E-state index in [2.05, 4.69) is 30.9 Å². The molecule has 39 heavy (non-hydrogen) atoms. The summed E-state index contributed by atoms with van der Waals surface area (Å²) in [4.78, 5) is 19.9. The van der Waals surface area contributed by atoms with Crippen molar-refractivity contribution in [2.24, 2.45) is 5.41 Å². The zero-order chi connectivity index (χ0) is 28.0. The van der Waals surface area contributed by atoms with E-state index < -0.39 is 0 Å². The molecular formula is C33H41FN2O3. The van der Waals surface area contributed by atoms with Crippen molar-refractivity contribution in [3.8, 4) is 16.9 Å². The van der Waals surface area contributed by atoms with Gasteiger partial charge in [-0.05, 0) is 87.3 Å². The van der Waals surface area contributed by atoms with Crippen LogP contribution in [0, 0.1) is 25.1 Å². The second kappa shape index (κ2) is 12.6. The van der Waals surface area contributed by atoms with E-state index in [-0.39, 0.29) is 18.2 Å². The van der Waals surface area contributed by atoms with Crippen molar-refractivity contribution in [3.05, 3.63) is 76.9 Å². The number of piperidine rings is 1. The number of hydrogen-bond acceptors (Lipinski definition) is 5. The molecular weight excluding hydrogens is 491 g/mol. The lowest BCUT2D eigenvalue weighted by atomic mass is 9.82. The second-order valence-electron chi connectivity index (χ2n) is 11.2. The fourth-order valence-corrected chi connectivity index (χ4v) is 5.30. The van der Waals surface area contributed by atoms with Gasteiger partial charge in [0.15, 0.2) is 0 Å². The van der Waals surface area contributed by atoms with E-state index in [4.69, 9.17) is 14.5 Å². The number of halogens is 1. The molecule has 1 aromatic heterocycles. The molecule has 2 aromatic carbocycles. The molecule has 0 aliphatic carbocycles. The van der Waals surface area contributed by atoms with E-state index in [1.165, 1.54) is 12.1 Å². The van der Waals surface area contributed by atoms with Gasteiger partial charge in [0, 0.05) is 35.6 Å². The number of esters is 1. The van der Waals surface area contributed by atoms with E-state index in [9.17, 15) is 9.18 Å². The van der Waals surface area contributed by atoms with Crippen LogP contribution < -0.4 is 9.64 Å². The quantitative estimate of drug-likeness (QED) is 0.203. The summed E-state index contributed by atoms with van der Waals surface area (Å²) in [5, 5.41) is 0. The first kappa shape index (κ1) is 28.6. The van der Waals surface area contributed by atoms with Crippen molar-refractivity contribution in [1.29, 1.82) is 0 Å². The summed E-state index contributed by atoms with van der Waals surface area (Å²) < 4.78 is 24.4. The third kappa shape index (κ3) is 7.37. The Morgan fingerprint density at radius 3 is 2.31 bits per heavy atom. The second-order valence-corrected chi connectivity index (χ2v) is 11.2. The molecule has 4 rings (SSSR count). The highest BCUT2D eigenvalue weighted by atomic mass is 19.1. The number of aromatic nitrogens is 1. The van der Waals surface area contributed by atoms with E-state index in [1.54, 1.807) is 0 Å². The molecule has 1 fully saturated rings. The summed E-state index contributed by atoms with van der Waals surface area (Å²) in [6.07, 6.45) is 4.09. The highest BCUT2D eigenvalue weighted by Gasteiger charge is 2.30. The van der Waals surface area contributed by atoms with Crippen LogP contribution in [0.1, 0.15) is 62.5 Å². The number of hydrogen-bond donors (Lipinski definition) is 0. The molecule has 1 aliphatic rings. The number of ether oxygens (including phenoxy) is 2. The molecule has 0 N–H and O–H groups in total. The number of rotatable bonds is 10. The molecule has 3 aromatic rings. The minimum atomic E-state index is -0.222. The predicted molar refractivity (Wildman–Crippen MR) is 155 cm³/mol. The van der Waals surface area contributed by atoms with Crippen molar-refractivity contribution in [2.45, 2.75) is 66.7 Å². The number of benzene rings is 2. The zero-order valence-electron chi connectivity index (χ0n) is 24.0. The number of aryl methyl sites for hydroxylation is 3. The van der Waals surface area contributed by atoms with E-state index in [1.807, 2.05) is 45.0 Å². The van der Waals surface area contributed by atoms with Gasteiger partial charge in [0.25, 0.3) is 0 Å². The van der Waals surface area contributed by atoms with Crippen LogP contribution in [0.5, 0.6) is 5.75 Å². The molecule has 2 heterocycles. The van der Waals surface area contributed by atoms with Gasteiger partial charge in [-0.15, -0.1) is 0 Å². The van der Waals surface area contributed by atoms with Crippen molar-refractivity contribution in [2.75, 3.05) is 31.2 Å². The van der Waals surface area contributed by atoms with E-state index in [0.717, 1.165) is 83.9 Å². The van der Waals surface area contributed by atoms with Crippen LogP contribution >= 0.6 is 0 Å². The molecule has 0 bridgehead atoms. The van der Waals surface area contributed by atoms with Gasteiger partial charge in [-0.1, -0.05) is 38.1 Å². The van der Waals surface area contributed by atoms with Gasteiger partial charge in [-0.25, -0.2) is 4.39 Å². The minimum absolute atomic E-state index is 0.213. The number of nitrogens with zero attached hydrogens (tertiary/aromatic N) is 2. The molecule has 0 spiro atoms. The number of pyridine rings is 1. The fourth-order valence-electron chi connectivity index (χ4n) is 5.30. The Bertz CT molecular complexity index is 1260. The fraction of sp³-hybridized carbons (Fsp3) is 0.455. The Balaban J connectivity index is 1.57. The maximum Gasteiger partial charge on any atom is 0.310 e. The maximum atomic E-state index is 13.1. The monoisotopic (exact) mass is 532 g/mol. The molecule has 0 radical (unpaired) electrons. The normalized spacial score (nSPS) is 14.8. The van der Waals surface area contributed by atoms with E-state index in [0.29, 0.717) is 18.6 Å². The molecule has 1 saturated heterocycles. The Labute approximate surface area is 232 Å². The summed E-state index contributed by atoms with van der Waals surface area (Å²) in [6, 6.07) is 14.8. The predicted octanol–water partition coefficient (Wildman–Crippen LogP) is 7.25. The van der Waals surface area contributed by atoms with Crippen molar-refractivity contribution < 1.29 is 18.7 Å². The highest BCUT2D eigenvalue weighted by molar-refractivity contribution is 5.86. The summed E-state index contributed by atoms with van der Waals surface area (Å²) >= 11 is 0. The lowest BCUT2D eigenvalue weighted by Gasteiger charge is -2.40. The molecule has 0 atom stereocenters. The van der Waals surface area contributed by atoms with Gasteiger partial charge in [-0.2, -0.15) is 0 Å². The average Bonchev–Trinajstić information content (AvgIpc) is 2.90. The Hall–Kier alpha value is -3.41. The summed E-state index contributed by atoms with van der Waals surface area (Å²) in [5.74, 6) is 0.373. The Morgan fingerprint density at radius 1 is 1.00 bits per heavy atom. The number of carbonyl (C=O) groups excluding carboxylic acids is 1. The molecule has 208 valence electrons. The van der Waals surface area contributed by atoms with Crippen LogP contribution in [0.4, 0.5) is 10.1 Å². The van der Waals surface area contributed by atoms with Crippen molar-refractivity contribution >= 4 is 11.7 Å². The summed E-state index contributed by atoms with van der Waals surface area (Å²) in [6.45, 7) is 13.4. The maximum absolute atomic E-state index is 13.1. The smallest absolute Gasteiger partial charge is 0.310 e. The number of anilines is 1. The molecule has 1 aliphatic heterocycles. The standard InChI is InChI=1S/C33H41FN2O3/c1-6-38-30(37)22-29-23(2)35-24(3)31(32(29)36-19-17-33(4,5)18-20-36)26-11-15-28(16-12-26)39-21-7-8-25-9-13-27(34)14-10-25/h9-16H,6-8,17-22H2,1-5H3. The largest absolute Gasteiger partial charge is 0.494 e. The highest BCUT2D eigenvalue weighted by Crippen LogP contribution is 2.41. The van der Waals surface area contributed by atoms with Crippen LogP contribution in [-0.2, 0) is 22.4 Å². The SMILES string of the molecule is CCOC(=O)Cc1c(C)nc(C)c(-c2ccc(OCCCc3ccc(F)cc3)cc2)c1N1CCC(C)(C)CC1. The Morgan fingerprint density at radius 2 is 1.67 bits per heavy atom. The lowest BCUT2D eigenvalue weighted by molar-refractivity contribution is -0.142. The minimum Gasteiger partial charge on any atom is -0.494 e. The van der Waals surface area contributed by atoms with Crippen LogP contribution in [0.2, 0.25) is 0 Å². The van der Waals surface area contributed by atoms with Crippen LogP contribution in [0.25, 0.3) is 11.1 Å². The van der Waals surface area contributed by atoms with Gasteiger partial charge in [0.2, 0.25) is 0 Å². The average molecular weight is 533 g/mol. The van der Waals surface area contributed by atoms with Gasteiger partial charge in [0.05, 0.1) is 25.3 Å². The van der Waals surface area contributed by atoms with Crippen LogP contribution in [-0.4, -0.2) is 37.3 Å². The third-order valence-corrected chi connectivity index (χ3v) is 7.65. The van der Waals surface area contributed by atoms with Gasteiger partial charge < -0.3 is 14.4 Å². The summed E-state index contributed by atoms with van der Waals surface area (Å²) in [7, 11) is 0. The first-order valence-electron chi connectivity index (χ1n) is 14.0. The van der Waals surface area contributed by atoms with Crippen LogP contribution in [0.15, 0.2) is 48.5 Å². The molecule has 0 amide bonds. The number of carbonyl (C=O) groups is 1. The van der Waals surface area contributed by atoms with Crippen molar-refractivity contribution in [3.63, 3.8) is 0 Å². The van der Waals surface area contributed by atoms with E-state index >= 15 is 0 Å². The lowest BCUT2D eigenvalue weighted by Crippen LogP contribution is -2.38. The topological polar surface area (TPSA) is 51.7 Å². The van der Waals surface area contributed by atoms with Crippen molar-refractivity contribution in [1.82, 2.24) is 4.98 Å². The zero-order valence-corrected chi connectivity index (χ0v) is 24.0. The third-order valence-electron chi connectivity index (χ3n) is 7.65. The Kier molecular flexibility index (Phi) is 9.26. The van der Waals surface area contributed by atoms with Gasteiger partial charge in [-0.3, -0.25) is 9.78 Å². The molecule has 0 unspecified atom stereocenters. The van der Waals surface area contributed by atoms with Gasteiger partial charge >= 0.3 is 5.97 Å². The van der Waals surface area contributed by atoms with Crippen LogP contribution in [0.3, 0.4) is 0 Å². The molecule has 5 nitrogen and oxygen atoms in total.